The molecule has 5 nitrogen and oxygen atoms in total. The lowest BCUT2D eigenvalue weighted by Crippen LogP contribution is -2.41. The highest BCUT2D eigenvalue weighted by atomic mass is 19.3. The van der Waals surface area contributed by atoms with Crippen molar-refractivity contribution >= 4 is 11.5 Å². The number of benzene rings is 2. The predicted molar refractivity (Wildman–Crippen MR) is 106 cm³/mol. The van der Waals surface area contributed by atoms with E-state index in [0.717, 1.165) is 49.5 Å². The Morgan fingerprint density at radius 3 is 2.55 bits per heavy atom. The van der Waals surface area contributed by atoms with E-state index in [2.05, 4.69) is 14.2 Å². The lowest BCUT2D eigenvalue weighted by molar-refractivity contribution is -0.658. The summed E-state index contributed by atoms with van der Waals surface area (Å²) in [4.78, 5) is 2.12. The number of alkyl halides is 2. The molecule has 0 saturated carbocycles. The number of hydrogen-bond donors (Lipinski definition) is 1. The zero-order valence-electron chi connectivity index (χ0n) is 16.4. The van der Waals surface area contributed by atoms with Gasteiger partial charge in [-0.05, 0) is 55.7 Å². The zero-order valence-corrected chi connectivity index (χ0v) is 16.4. The van der Waals surface area contributed by atoms with Crippen LogP contribution in [0.25, 0.3) is 0 Å². The van der Waals surface area contributed by atoms with E-state index < -0.39 is 12.3 Å². The molecule has 2 heterocycles. The molecule has 2 aromatic carbocycles. The van der Waals surface area contributed by atoms with E-state index in [1.165, 1.54) is 12.1 Å². The fourth-order valence-corrected chi connectivity index (χ4v) is 4.30. The second kappa shape index (κ2) is 7.99. The van der Waals surface area contributed by atoms with Crippen molar-refractivity contribution in [2.45, 2.75) is 38.0 Å². The van der Waals surface area contributed by atoms with Crippen LogP contribution in [-0.2, 0) is 5.72 Å². The van der Waals surface area contributed by atoms with Gasteiger partial charge < -0.3 is 14.6 Å². The molecule has 154 valence electrons. The van der Waals surface area contributed by atoms with Crippen molar-refractivity contribution in [3.63, 3.8) is 0 Å². The number of rotatable bonds is 5. The van der Waals surface area contributed by atoms with Crippen LogP contribution >= 0.6 is 0 Å². The summed E-state index contributed by atoms with van der Waals surface area (Å²) >= 11 is 0. The van der Waals surface area contributed by atoms with Gasteiger partial charge in [0.05, 0.1) is 13.7 Å². The van der Waals surface area contributed by atoms with Crippen molar-refractivity contribution in [3.05, 3.63) is 54.1 Å². The minimum atomic E-state index is -2.87. The largest absolute Gasteiger partial charge is 0.492 e. The molecule has 0 unspecified atom stereocenters. The summed E-state index contributed by atoms with van der Waals surface area (Å²) in [5.74, 6) is 1.88. The fourth-order valence-electron chi connectivity index (χ4n) is 4.30. The number of β-amino-alcohol motifs (C(OH)–C–C–N with tert-alkyl or cyclic N) is 1. The molecule has 0 spiro atoms. The maximum atomic E-state index is 12.5. The molecule has 0 fully saturated rings. The Bertz CT molecular complexity index is 901. The maximum absolute atomic E-state index is 12.5. The van der Waals surface area contributed by atoms with Gasteiger partial charge in [0.25, 0.3) is 11.6 Å². The topological polar surface area (TPSA) is 44.9 Å². The molecule has 7 heteroatoms. The van der Waals surface area contributed by atoms with Gasteiger partial charge in [0.1, 0.15) is 5.75 Å². The second-order valence-corrected chi connectivity index (χ2v) is 7.36. The van der Waals surface area contributed by atoms with Crippen LogP contribution in [0.4, 0.5) is 14.5 Å². The van der Waals surface area contributed by atoms with Crippen LogP contribution in [0.5, 0.6) is 11.5 Å². The summed E-state index contributed by atoms with van der Waals surface area (Å²) < 4.78 is 37.0. The summed E-state index contributed by atoms with van der Waals surface area (Å²) in [5.41, 5.74) is 0.297. The summed E-state index contributed by atoms with van der Waals surface area (Å²) in [6, 6.07) is 14.0. The van der Waals surface area contributed by atoms with Crippen molar-refractivity contribution in [2.75, 3.05) is 25.1 Å². The third-order valence-electron chi connectivity index (χ3n) is 5.65. The molecule has 0 bridgehead atoms. The van der Waals surface area contributed by atoms with Gasteiger partial charge in [-0.2, -0.15) is 8.78 Å². The highest BCUT2D eigenvalue weighted by Gasteiger charge is 2.52. The first kappa shape index (κ1) is 19.6. The molecule has 0 amide bonds. The van der Waals surface area contributed by atoms with Crippen LogP contribution in [-0.4, -0.2) is 42.3 Å². The number of amidine groups is 1. The lowest BCUT2D eigenvalue weighted by atomic mass is 10.0. The smallest absolute Gasteiger partial charge is 0.387 e. The van der Waals surface area contributed by atoms with Gasteiger partial charge in [0.2, 0.25) is 0 Å². The number of halogens is 2. The Morgan fingerprint density at radius 2 is 1.83 bits per heavy atom. The van der Waals surface area contributed by atoms with Crippen LogP contribution in [0.15, 0.2) is 48.5 Å². The van der Waals surface area contributed by atoms with Gasteiger partial charge in [-0.1, -0.05) is 12.1 Å². The van der Waals surface area contributed by atoms with Crippen LogP contribution in [0.1, 0.15) is 31.2 Å². The number of hydrogen-bond acceptors (Lipinski definition) is 4. The quantitative estimate of drug-likeness (QED) is 0.768. The number of aliphatic hydroxyl groups is 1. The molecule has 1 atom stereocenters. The first-order valence-corrected chi connectivity index (χ1v) is 9.84. The first-order valence-electron chi connectivity index (χ1n) is 9.84. The Hall–Kier alpha value is -2.67. The standard InChI is InChI=1S/C22H25F2N2O3/c1-28-19-8-5-4-7-18(19)25-15-22(27,26-14-6-2-3-9-20(25)26)16-10-12-17(13-11-16)29-21(23)24/h4-5,7-8,10-13,21,27H,2-3,6,9,14-15H2,1H3/q+1/t22-/m0/s1. The summed E-state index contributed by atoms with van der Waals surface area (Å²) in [6.07, 6.45) is 3.98. The zero-order chi connectivity index (χ0) is 20.4. The first-order chi connectivity index (χ1) is 14.0. The maximum Gasteiger partial charge on any atom is 0.387 e. The molecule has 2 aromatic rings. The van der Waals surface area contributed by atoms with Crippen molar-refractivity contribution < 1.29 is 27.9 Å². The van der Waals surface area contributed by atoms with Crippen LogP contribution in [0.2, 0.25) is 0 Å². The number of ether oxygens (including phenoxy) is 2. The third-order valence-corrected chi connectivity index (χ3v) is 5.65. The van der Waals surface area contributed by atoms with Crippen LogP contribution < -0.4 is 14.4 Å². The average Bonchev–Trinajstić information content (AvgIpc) is 2.87. The Labute approximate surface area is 168 Å². The monoisotopic (exact) mass is 403 g/mol. The molecule has 4 rings (SSSR count). The van der Waals surface area contributed by atoms with E-state index in [0.29, 0.717) is 12.1 Å². The molecule has 0 aliphatic carbocycles. The molecule has 0 aromatic heterocycles. The van der Waals surface area contributed by atoms with E-state index in [1.807, 2.05) is 24.3 Å². The van der Waals surface area contributed by atoms with E-state index in [4.69, 9.17) is 4.74 Å². The van der Waals surface area contributed by atoms with Gasteiger partial charge in [0.15, 0.2) is 18.0 Å². The summed E-state index contributed by atoms with van der Waals surface area (Å²) in [7, 11) is 1.64. The molecular weight excluding hydrogens is 378 g/mol. The van der Waals surface area contributed by atoms with Crippen LogP contribution in [0, 0.1) is 0 Å². The molecule has 2 aliphatic rings. The van der Waals surface area contributed by atoms with E-state index in [9.17, 15) is 13.9 Å². The number of para-hydroxylation sites is 2. The minimum Gasteiger partial charge on any atom is -0.492 e. The number of anilines is 1. The highest BCUT2D eigenvalue weighted by molar-refractivity contribution is 5.97. The minimum absolute atomic E-state index is 0.0759. The second-order valence-electron chi connectivity index (χ2n) is 7.36. The van der Waals surface area contributed by atoms with Gasteiger partial charge in [-0.15, -0.1) is 0 Å². The predicted octanol–water partition coefficient (Wildman–Crippen LogP) is 3.95. The van der Waals surface area contributed by atoms with Gasteiger partial charge in [0, 0.05) is 12.0 Å². The Kier molecular flexibility index (Phi) is 5.41. The van der Waals surface area contributed by atoms with Gasteiger partial charge in [-0.3, -0.25) is 0 Å². The van der Waals surface area contributed by atoms with Gasteiger partial charge >= 0.3 is 6.61 Å². The highest BCUT2D eigenvalue weighted by Crippen LogP contribution is 2.39. The molecule has 29 heavy (non-hydrogen) atoms. The van der Waals surface area contributed by atoms with Crippen molar-refractivity contribution in [2.24, 2.45) is 0 Å². The number of methoxy groups -OCH3 is 1. The van der Waals surface area contributed by atoms with Crippen molar-refractivity contribution in [1.82, 2.24) is 0 Å². The fraction of sp³-hybridized carbons (Fsp3) is 0.409. The normalized spacial score (nSPS) is 21.9. The molecular formula is C22H25F2N2O3+. The van der Waals surface area contributed by atoms with Crippen molar-refractivity contribution in [1.29, 1.82) is 0 Å². The lowest BCUT2D eigenvalue weighted by Gasteiger charge is -2.24. The summed E-state index contributed by atoms with van der Waals surface area (Å²) in [6.45, 7) is -1.81. The molecule has 0 radical (unpaired) electrons. The number of nitrogens with zero attached hydrogens (tertiary/aromatic N) is 2. The van der Waals surface area contributed by atoms with E-state index in [-0.39, 0.29) is 5.75 Å². The Morgan fingerprint density at radius 1 is 1.07 bits per heavy atom. The molecule has 2 aliphatic heterocycles. The van der Waals surface area contributed by atoms with Crippen molar-refractivity contribution in [3.8, 4) is 11.5 Å². The van der Waals surface area contributed by atoms with Crippen LogP contribution in [0.3, 0.4) is 0 Å². The van der Waals surface area contributed by atoms with Gasteiger partial charge in [-0.25, -0.2) is 9.48 Å². The van der Waals surface area contributed by atoms with E-state index in [1.54, 1.807) is 19.2 Å². The third kappa shape index (κ3) is 3.67. The SMILES string of the molecule is COc1ccccc1N1C[C@](O)(c2ccc(OC(F)F)cc2)[N+]2=C1CCCCC2. The molecule has 0 saturated heterocycles. The Balaban J connectivity index is 1.75. The average molecular weight is 403 g/mol. The summed E-state index contributed by atoms with van der Waals surface area (Å²) in [5, 5.41) is 11.8. The van der Waals surface area contributed by atoms with E-state index >= 15 is 0 Å². The molecule has 1 N–H and O–H groups in total.